The number of hydrogen-bond donors (Lipinski definition) is 0. The van der Waals surface area contributed by atoms with Crippen LogP contribution in [0.25, 0.3) is 5.57 Å². The Bertz CT molecular complexity index is 1050. The first-order valence-electron chi connectivity index (χ1n) is 9.77. The molecule has 3 rings (SSSR count). The molecule has 2 aromatic carbocycles. The molecule has 0 aliphatic heterocycles. The molecule has 0 saturated heterocycles. The highest BCUT2D eigenvalue weighted by molar-refractivity contribution is 7.78. The van der Waals surface area contributed by atoms with Gasteiger partial charge in [0.05, 0.1) is 10.7 Å². The van der Waals surface area contributed by atoms with Crippen molar-refractivity contribution in [2.75, 3.05) is 0 Å². The lowest BCUT2D eigenvalue weighted by molar-refractivity contribution is 0.347. The van der Waals surface area contributed by atoms with Crippen LogP contribution >= 0.6 is 12.2 Å². The first-order valence-corrected chi connectivity index (χ1v) is 10.2. The maximum absolute atomic E-state index is 14.6. The minimum Gasteiger partial charge on any atom is -0.206 e. The molecule has 0 N–H and O–H groups in total. The van der Waals surface area contributed by atoms with Crippen LogP contribution in [-0.4, -0.2) is 5.16 Å². The minimum atomic E-state index is -0.561. The highest BCUT2D eigenvalue weighted by Gasteiger charge is 2.20. The van der Waals surface area contributed by atoms with Gasteiger partial charge in [-0.1, -0.05) is 44.3 Å². The van der Waals surface area contributed by atoms with Crippen LogP contribution in [0, 0.1) is 29.4 Å². The van der Waals surface area contributed by atoms with Crippen LogP contribution in [0.5, 0.6) is 0 Å². The molecule has 0 amide bonds. The standard InChI is InChI=1S/C25H23F2NS/c1-16(2)22-12-18(13-24(27)25(22)28-15-29)6-9-20-10-11-21(14-23(20)26)19-7-4-17(3)5-8-19/h10-14,17,19H,1,4-5,7-8H2,2-3H3. The fourth-order valence-electron chi connectivity index (χ4n) is 3.78. The third-order valence-electron chi connectivity index (χ3n) is 5.50. The second-order valence-corrected chi connectivity index (χ2v) is 7.97. The number of benzene rings is 2. The monoisotopic (exact) mass is 407 g/mol. The summed E-state index contributed by atoms with van der Waals surface area (Å²) in [6.07, 6.45) is 4.58. The molecule has 0 spiro atoms. The molecular formula is C25H23F2NS. The quantitative estimate of drug-likeness (QED) is 0.293. The number of aliphatic imine (C=N–C) groups is 1. The Kier molecular flexibility index (Phi) is 6.75. The largest absolute Gasteiger partial charge is 0.206 e. The molecule has 2 aromatic rings. The average molecular weight is 408 g/mol. The van der Waals surface area contributed by atoms with E-state index in [1.807, 2.05) is 6.07 Å². The summed E-state index contributed by atoms with van der Waals surface area (Å²) < 4.78 is 29.0. The zero-order valence-electron chi connectivity index (χ0n) is 16.7. The second kappa shape index (κ2) is 9.27. The second-order valence-electron chi connectivity index (χ2n) is 7.78. The summed E-state index contributed by atoms with van der Waals surface area (Å²) in [4.78, 5) is 3.78. The Hall–Kier alpha value is -2.60. The first-order chi connectivity index (χ1) is 13.9. The van der Waals surface area contributed by atoms with Gasteiger partial charge < -0.3 is 0 Å². The SMILES string of the molecule is C=C(C)c1cc(C#Cc2ccc(C3CCC(C)CC3)cc2F)cc(F)c1N=C=S. The lowest BCUT2D eigenvalue weighted by atomic mass is 9.79. The van der Waals surface area contributed by atoms with Gasteiger partial charge in [-0.15, -0.1) is 0 Å². The molecule has 0 heterocycles. The third-order valence-corrected chi connectivity index (χ3v) is 5.59. The van der Waals surface area contributed by atoms with Crippen molar-refractivity contribution >= 4 is 28.6 Å². The number of allylic oxidation sites excluding steroid dienone is 1. The summed E-state index contributed by atoms with van der Waals surface area (Å²) in [6.45, 7) is 7.86. The van der Waals surface area contributed by atoms with Crippen LogP contribution in [0.1, 0.15) is 67.7 Å². The molecule has 1 fully saturated rings. The van der Waals surface area contributed by atoms with E-state index >= 15 is 0 Å². The fourth-order valence-corrected chi connectivity index (χ4v) is 3.87. The van der Waals surface area contributed by atoms with Gasteiger partial charge in [0.25, 0.3) is 0 Å². The minimum absolute atomic E-state index is 0.0929. The summed E-state index contributed by atoms with van der Waals surface area (Å²) in [7, 11) is 0. The summed E-state index contributed by atoms with van der Waals surface area (Å²) >= 11 is 4.58. The predicted octanol–water partition coefficient (Wildman–Crippen LogP) is 7.43. The van der Waals surface area contributed by atoms with Crippen LogP contribution in [0.15, 0.2) is 41.9 Å². The Morgan fingerprint density at radius 2 is 1.79 bits per heavy atom. The van der Waals surface area contributed by atoms with E-state index in [1.54, 1.807) is 25.1 Å². The van der Waals surface area contributed by atoms with Crippen LogP contribution in [0.4, 0.5) is 14.5 Å². The summed E-state index contributed by atoms with van der Waals surface area (Å²) in [5.74, 6) is 5.96. The van der Waals surface area contributed by atoms with Crippen molar-refractivity contribution in [1.29, 1.82) is 0 Å². The zero-order chi connectivity index (χ0) is 21.0. The Morgan fingerprint density at radius 3 is 2.41 bits per heavy atom. The van der Waals surface area contributed by atoms with E-state index in [0.29, 0.717) is 28.2 Å². The average Bonchev–Trinajstić information content (AvgIpc) is 2.69. The number of hydrogen-bond acceptors (Lipinski definition) is 2. The Labute approximate surface area is 176 Å². The van der Waals surface area contributed by atoms with Gasteiger partial charge in [-0.25, -0.2) is 8.78 Å². The molecule has 1 saturated carbocycles. The molecule has 148 valence electrons. The number of isothiocyanates is 1. The van der Waals surface area contributed by atoms with E-state index in [4.69, 9.17) is 0 Å². The van der Waals surface area contributed by atoms with Crippen LogP contribution in [-0.2, 0) is 0 Å². The van der Waals surface area contributed by atoms with Crippen LogP contribution in [0.3, 0.4) is 0 Å². The number of nitrogens with zero attached hydrogens (tertiary/aromatic N) is 1. The molecule has 0 unspecified atom stereocenters. The molecule has 0 radical (unpaired) electrons. The number of thiocarbonyl (C=S) groups is 1. The summed E-state index contributed by atoms with van der Waals surface area (Å²) in [5.41, 5.74) is 3.00. The molecule has 29 heavy (non-hydrogen) atoms. The van der Waals surface area contributed by atoms with E-state index in [0.717, 1.165) is 24.3 Å². The third kappa shape index (κ3) is 5.07. The van der Waals surface area contributed by atoms with E-state index in [-0.39, 0.29) is 11.5 Å². The van der Waals surface area contributed by atoms with Crippen LogP contribution < -0.4 is 0 Å². The van der Waals surface area contributed by atoms with E-state index in [2.05, 4.69) is 47.7 Å². The molecule has 0 bridgehead atoms. The highest BCUT2D eigenvalue weighted by atomic mass is 32.1. The summed E-state index contributed by atoms with van der Waals surface area (Å²) in [5, 5.41) is 2.18. The predicted molar refractivity (Wildman–Crippen MR) is 119 cm³/mol. The highest BCUT2D eigenvalue weighted by Crippen LogP contribution is 2.36. The molecular weight excluding hydrogens is 384 g/mol. The molecule has 4 heteroatoms. The van der Waals surface area contributed by atoms with Crippen molar-refractivity contribution in [3.63, 3.8) is 0 Å². The number of rotatable bonds is 3. The van der Waals surface area contributed by atoms with Gasteiger partial charge in [0.1, 0.15) is 11.5 Å². The number of halogens is 2. The van der Waals surface area contributed by atoms with Gasteiger partial charge in [-0.3, -0.25) is 0 Å². The van der Waals surface area contributed by atoms with Crippen molar-refractivity contribution in [3.8, 4) is 11.8 Å². The van der Waals surface area contributed by atoms with E-state index < -0.39 is 5.82 Å². The zero-order valence-corrected chi connectivity index (χ0v) is 17.5. The molecule has 0 atom stereocenters. The van der Waals surface area contributed by atoms with Crippen LogP contribution in [0.2, 0.25) is 0 Å². The van der Waals surface area contributed by atoms with E-state index in [1.165, 1.54) is 18.9 Å². The van der Waals surface area contributed by atoms with Crippen molar-refractivity contribution < 1.29 is 8.78 Å². The molecule has 0 aromatic heterocycles. The van der Waals surface area contributed by atoms with Gasteiger partial charge in [-0.05, 0) is 79.2 Å². The van der Waals surface area contributed by atoms with Crippen molar-refractivity contribution in [2.24, 2.45) is 10.9 Å². The smallest absolute Gasteiger partial charge is 0.151 e. The van der Waals surface area contributed by atoms with Gasteiger partial charge in [0.15, 0.2) is 5.82 Å². The van der Waals surface area contributed by atoms with Gasteiger partial charge in [0.2, 0.25) is 0 Å². The molecule has 1 nitrogen and oxygen atoms in total. The Balaban J connectivity index is 1.88. The lowest BCUT2D eigenvalue weighted by Crippen LogP contribution is -2.11. The van der Waals surface area contributed by atoms with Crippen molar-refractivity contribution in [1.82, 2.24) is 0 Å². The summed E-state index contributed by atoms with van der Waals surface area (Å²) in [6, 6.07) is 8.23. The van der Waals surface area contributed by atoms with Crippen molar-refractivity contribution in [2.45, 2.75) is 45.4 Å². The maximum atomic E-state index is 14.6. The maximum Gasteiger partial charge on any atom is 0.151 e. The van der Waals surface area contributed by atoms with Crippen molar-refractivity contribution in [3.05, 3.63) is 70.8 Å². The van der Waals surface area contributed by atoms with E-state index in [9.17, 15) is 8.78 Å². The first kappa shape index (κ1) is 21.1. The Morgan fingerprint density at radius 1 is 1.07 bits per heavy atom. The van der Waals surface area contributed by atoms with Gasteiger partial charge >= 0.3 is 0 Å². The normalized spacial score (nSPS) is 18.3. The molecule has 1 aliphatic carbocycles. The molecule has 1 aliphatic rings. The fraction of sp³-hybridized carbons (Fsp3) is 0.320. The van der Waals surface area contributed by atoms with Gasteiger partial charge in [0, 0.05) is 11.1 Å². The van der Waals surface area contributed by atoms with Gasteiger partial charge in [-0.2, -0.15) is 4.99 Å². The topological polar surface area (TPSA) is 12.4 Å². The lowest BCUT2D eigenvalue weighted by Gasteiger charge is -2.26.